The topological polar surface area (TPSA) is 71.1 Å². The molecular weight excluding hydrogens is 281 g/mol. The van der Waals surface area contributed by atoms with Gasteiger partial charge in [-0.2, -0.15) is 0 Å². The average Bonchev–Trinajstić information content (AvgIpc) is 2.41. The Bertz CT molecular complexity index is 687. The Morgan fingerprint density at radius 3 is 2.60 bits per heavy atom. The number of benzene rings is 1. The molecule has 0 atom stereocenters. The SMILES string of the molecule is CCS(=O)(=O)Nc1ccc(Nc2cccc(F)c2)cn1. The Kier molecular flexibility index (Phi) is 4.19. The smallest absolute Gasteiger partial charge is 0.233 e. The molecule has 2 aromatic rings. The number of sulfonamides is 1. The van der Waals surface area contributed by atoms with Crippen molar-refractivity contribution in [2.75, 3.05) is 15.8 Å². The van der Waals surface area contributed by atoms with E-state index in [2.05, 4.69) is 15.0 Å². The highest BCUT2D eigenvalue weighted by Gasteiger charge is 2.07. The number of halogens is 1. The number of aromatic nitrogens is 1. The van der Waals surface area contributed by atoms with Crippen LogP contribution in [0.3, 0.4) is 0 Å². The number of nitrogens with one attached hydrogen (secondary N) is 2. The summed E-state index contributed by atoms with van der Waals surface area (Å²) >= 11 is 0. The number of hydrogen-bond donors (Lipinski definition) is 2. The van der Waals surface area contributed by atoms with Crippen LogP contribution in [0.2, 0.25) is 0 Å². The van der Waals surface area contributed by atoms with Crippen LogP contribution in [0.15, 0.2) is 42.6 Å². The first-order chi connectivity index (χ1) is 9.48. The van der Waals surface area contributed by atoms with Crippen LogP contribution in [-0.4, -0.2) is 19.2 Å². The van der Waals surface area contributed by atoms with Gasteiger partial charge in [-0.3, -0.25) is 4.72 Å². The van der Waals surface area contributed by atoms with E-state index in [1.807, 2.05) is 0 Å². The Hall–Kier alpha value is -2.15. The molecule has 7 heteroatoms. The summed E-state index contributed by atoms with van der Waals surface area (Å²) in [6.45, 7) is 1.54. The molecular formula is C13H14FN3O2S. The normalized spacial score (nSPS) is 11.1. The molecule has 1 aromatic heterocycles. The molecule has 0 bridgehead atoms. The molecule has 106 valence electrons. The van der Waals surface area contributed by atoms with Gasteiger partial charge in [-0.05, 0) is 37.3 Å². The minimum absolute atomic E-state index is 0.0159. The average molecular weight is 295 g/mol. The second-order valence-corrected chi connectivity index (χ2v) is 6.08. The lowest BCUT2D eigenvalue weighted by atomic mass is 10.3. The van der Waals surface area contributed by atoms with Gasteiger partial charge >= 0.3 is 0 Å². The fourth-order valence-corrected chi connectivity index (χ4v) is 2.08. The molecule has 1 heterocycles. The summed E-state index contributed by atoms with van der Waals surface area (Å²) in [4.78, 5) is 3.98. The van der Waals surface area contributed by atoms with E-state index in [-0.39, 0.29) is 17.4 Å². The molecule has 0 spiro atoms. The highest BCUT2D eigenvalue weighted by atomic mass is 32.2. The second-order valence-electron chi connectivity index (χ2n) is 4.07. The number of pyridine rings is 1. The van der Waals surface area contributed by atoms with Crippen LogP contribution in [0.5, 0.6) is 0 Å². The molecule has 0 amide bonds. The van der Waals surface area contributed by atoms with Crippen LogP contribution in [0, 0.1) is 5.82 Å². The third-order valence-electron chi connectivity index (χ3n) is 2.52. The van der Waals surface area contributed by atoms with E-state index in [1.54, 1.807) is 25.1 Å². The predicted octanol–water partition coefficient (Wildman–Crippen LogP) is 2.73. The number of anilines is 3. The Morgan fingerprint density at radius 1 is 1.20 bits per heavy atom. The summed E-state index contributed by atoms with van der Waals surface area (Å²) in [6.07, 6.45) is 1.47. The zero-order chi connectivity index (χ0) is 14.6. The first-order valence-electron chi connectivity index (χ1n) is 5.97. The van der Waals surface area contributed by atoms with Gasteiger partial charge in [-0.25, -0.2) is 17.8 Å². The third-order valence-corrected chi connectivity index (χ3v) is 3.80. The molecule has 20 heavy (non-hydrogen) atoms. The van der Waals surface area contributed by atoms with E-state index < -0.39 is 10.0 Å². The van der Waals surface area contributed by atoms with Crippen molar-refractivity contribution in [3.05, 3.63) is 48.4 Å². The quantitative estimate of drug-likeness (QED) is 0.889. The summed E-state index contributed by atoms with van der Waals surface area (Å²) in [5.74, 6) is -0.107. The van der Waals surface area contributed by atoms with Crippen molar-refractivity contribution in [1.29, 1.82) is 0 Å². The highest BCUT2D eigenvalue weighted by Crippen LogP contribution is 2.18. The molecule has 2 rings (SSSR count). The van der Waals surface area contributed by atoms with Crippen LogP contribution >= 0.6 is 0 Å². The van der Waals surface area contributed by atoms with E-state index in [1.165, 1.54) is 24.4 Å². The Morgan fingerprint density at radius 2 is 2.00 bits per heavy atom. The molecule has 0 aliphatic rings. The van der Waals surface area contributed by atoms with Crippen molar-refractivity contribution < 1.29 is 12.8 Å². The van der Waals surface area contributed by atoms with E-state index in [0.29, 0.717) is 11.4 Å². The maximum absolute atomic E-state index is 13.0. The molecule has 0 radical (unpaired) electrons. The van der Waals surface area contributed by atoms with Crippen molar-refractivity contribution in [3.8, 4) is 0 Å². The van der Waals surface area contributed by atoms with Gasteiger partial charge in [0, 0.05) is 5.69 Å². The standard InChI is InChI=1S/C13H14FN3O2S/c1-2-20(18,19)17-13-7-6-12(9-15-13)16-11-5-3-4-10(14)8-11/h3-9,16H,2H2,1H3,(H,15,17). The van der Waals surface area contributed by atoms with Crippen LogP contribution < -0.4 is 10.0 Å². The van der Waals surface area contributed by atoms with Gasteiger partial charge < -0.3 is 5.32 Å². The summed E-state index contributed by atoms with van der Waals surface area (Å²) in [5, 5.41) is 2.97. The largest absolute Gasteiger partial charge is 0.354 e. The minimum Gasteiger partial charge on any atom is -0.354 e. The summed E-state index contributed by atoms with van der Waals surface area (Å²) in [7, 11) is -3.33. The van der Waals surface area contributed by atoms with Crippen molar-refractivity contribution in [3.63, 3.8) is 0 Å². The van der Waals surface area contributed by atoms with Crippen molar-refractivity contribution >= 4 is 27.2 Å². The Balaban J connectivity index is 2.09. The maximum Gasteiger partial charge on any atom is 0.233 e. The lowest BCUT2D eigenvalue weighted by Crippen LogP contribution is -2.15. The number of nitrogens with zero attached hydrogens (tertiary/aromatic N) is 1. The molecule has 0 aliphatic carbocycles. The summed E-state index contributed by atoms with van der Waals surface area (Å²) in [6, 6.07) is 9.21. The first kappa shape index (κ1) is 14.3. The molecule has 0 saturated heterocycles. The zero-order valence-corrected chi connectivity index (χ0v) is 11.6. The first-order valence-corrected chi connectivity index (χ1v) is 7.63. The monoisotopic (exact) mass is 295 g/mol. The fourth-order valence-electron chi connectivity index (χ4n) is 1.49. The van der Waals surface area contributed by atoms with Crippen molar-refractivity contribution in [1.82, 2.24) is 4.98 Å². The highest BCUT2D eigenvalue weighted by molar-refractivity contribution is 7.92. The van der Waals surface area contributed by atoms with Crippen LogP contribution in [-0.2, 0) is 10.0 Å². The van der Waals surface area contributed by atoms with Gasteiger partial charge in [0.2, 0.25) is 10.0 Å². The molecule has 0 unspecified atom stereocenters. The van der Waals surface area contributed by atoms with E-state index in [0.717, 1.165) is 0 Å². The predicted molar refractivity (Wildman–Crippen MR) is 77.0 cm³/mol. The van der Waals surface area contributed by atoms with Crippen LogP contribution in [0.25, 0.3) is 0 Å². The van der Waals surface area contributed by atoms with E-state index >= 15 is 0 Å². The molecule has 0 fully saturated rings. The zero-order valence-electron chi connectivity index (χ0n) is 10.8. The molecule has 5 nitrogen and oxygen atoms in total. The van der Waals surface area contributed by atoms with E-state index in [9.17, 15) is 12.8 Å². The van der Waals surface area contributed by atoms with Gasteiger partial charge in [-0.15, -0.1) is 0 Å². The number of rotatable bonds is 5. The maximum atomic E-state index is 13.0. The molecule has 2 N–H and O–H groups in total. The second kappa shape index (κ2) is 5.87. The van der Waals surface area contributed by atoms with Crippen LogP contribution in [0.1, 0.15) is 6.92 Å². The minimum atomic E-state index is -3.33. The lowest BCUT2D eigenvalue weighted by Gasteiger charge is -2.08. The lowest BCUT2D eigenvalue weighted by molar-refractivity contribution is 0.602. The van der Waals surface area contributed by atoms with Gasteiger partial charge in [0.15, 0.2) is 0 Å². The summed E-state index contributed by atoms with van der Waals surface area (Å²) < 4.78 is 38.1. The third kappa shape index (κ3) is 3.92. The van der Waals surface area contributed by atoms with Gasteiger partial charge in [-0.1, -0.05) is 6.07 Å². The Labute approximate surface area is 116 Å². The van der Waals surface area contributed by atoms with Crippen molar-refractivity contribution in [2.24, 2.45) is 0 Å². The van der Waals surface area contributed by atoms with E-state index in [4.69, 9.17) is 0 Å². The number of hydrogen-bond acceptors (Lipinski definition) is 4. The van der Waals surface area contributed by atoms with Gasteiger partial charge in [0.25, 0.3) is 0 Å². The van der Waals surface area contributed by atoms with Gasteiger partial charge in [0.05, 0.1) is 17.6 Å². The van der Waals surface area contributed by atoms with Crippen LogP contribution in [0.4, 0.5) is 21.6 Å². The summed E-state index contributed by atoms with van der Waals surface area (Å²) in [5.41, 5.74) is 1.23. The molecule has 0 aliphatic heterocycles. The fraction of sp³-hybridized carbons (Fsp3) is 0.154. The molecule has 1 aromatic carbocycles. The molecule has 0 saturated carbocycles. The van der Waals surface area contributed by atoms with Gasteiger partial charge in [0.1, 0.15) is 11.6 Å². The van der Waals surface area contributed by atoms with Crippen molar-refractivity contribution in [2.45, 2.75) is 6.92 Å².